The number of aliphatic hydroxyl groups excluding tert-OH is 1. The SMILES string of the molecule is C#CC/C(=C(/C#C)CO)c1ccccc1. The monoisotopic (exact) mass is 196 g/mol. The largest absolute Gasteiger partial charge is 0.391 e. The second kappa shape index (κ2) is 5.70. The number of hydrogen-bond acceptors (Lipinski definition) is 1. The predicted molar refractivity (Wildman–Crippen MR) is 62.7 cm³/mol. The van der Waals surface area contributed by atoms with Crippen molar-refractivity contribution < 1.29 is 5.11 Å². The summed E-state index contributed by atoms with van der Waals surface area (Å²) in [6, 6.07) is 9.61. The van der Waals surface area contributed by atoms with Crippen LogP contribution in [0.15, 0.2) is 35.9 Å². The molecule has 0 unspecified atom stereocenters. The summed E-state index contributed by atoms with van der Waals surface area (Å²) < 4.78 is 0. The number of terminal acetylenes is 2. The molecule has 1 nitrogen and oxygen atoms in total. The van der Waals surface area contributed by atoms with Crippen LogP contribution in [0.4, 0.5) is 0 Å². The summed E-state index contributed by atoms with van der Waals surface area (Å²) >= 11 is 0. The summed E-state index contributed by atoms with van der Waals surface area (Å²) in [6.07, 6.45) is 11.0. The average molecular weight is 196 g/mol. The number of benzene rings is 1. The Kier molecular flexibility index (Phi) is 4.23. The van der Waals surface area contributed by atoms with Crippen molar-refractivity contribution in [2.24, 2.45) is 0 Å². The van der Waals surface area contributed by atoms with E-state index in [2.05, 4.69) is 11.8 Å². The molecule has 0 spiro atoms. The number of rotatable bonds is 3. The summed E-state index contributed by atoms with van der Waals surface area (Å²) in [5.41, 5.74) is 2.37. The topological polar surface area (TPSA) is 20.2 Å². The maximum atomic E-state index is 9.12. The van der Waals surface area contributed by atoms with E-state index in [0.717, 1.165) is 11.1 Å². The van der Waals surface area contributed by atoms with Crippen molar-refractivity contribution in [3.63, 3.8) is 0 Å². The summed E-state index contributed by atoms with van der Waals surface area (Å²) in [7, 11) is 0. The van der Waals surface area contributed by atoms with Gasteiger partial charge in [0.2, 0.25) is 0 Å². The van der Waals surface area contributed by atoms with Crippen molar-refractivity contribution in [3.8, 4) is 24.7 Å². The molecule has 0 heterocycles. The lowest BCUT2D eigenvalue weighted by Crippen LogP contribution is -1.94. The second-order valence-electron chi connectivity index (χ2n) is 3.01. The van der Waals surface area contributed by atoms with E-state index in [4.69, 9.17) is 18.0 Å². The molecule has 0 bridgehead atoms. The van der Waals surface area contributed by atoms with Crippen LogP contribution in [-0.4, -0.2) is 11.7 Å². The van der Waals surface area contributed by atoms with Gasteiger partial charge in [-0.05, 0) is 11.1 Å². The van der Waals surface area contributed by atoms with E-state index in [-0.39, 0.29) is 6.61 Å². The summed E-state index contributed by atoms with van der Waals surface area (Å²) in [6.45, 7) is -0.150. The molecule has 0 saturated heterocycles. The van der Waals surface area contributed by atoms with Crippen LogP contribution in [0.25, 0.3) is 5.57 Å². The molecular weight excluding hydrogens is 184 g/mol. The minimum absolute atomic E-state index is 0.150. The van der Waals surface area contributed by atoms with Crippen LogP contribution in [0.3, 0.4) is 0 Å². The van der Waals surface area contributed by atoms with Crippen LogP contribution in [-0.2, 0) is 0 Å². The van der Waals surface area contributed by atoms with E-state index in [0.29, 0.717) is 12.0 Å². The first-order valence-corrected chi connectivity index (χ1v) is 4.61. The van der Waals surface area contributed by atoms with Crippen LogP contribution < -0.4 is 0 Å². The van der Waals surface area contributed by atoms with Gasteiger partial charge < -0.3 is 5.11 Å². The molecule has 74 valence electrons. The first-order valence-electron chi connectivity index (χ1n) is 4.61. The smallest absolute Gasteiger partial charge is 0.0763 e. The molecule has 0 radical (unpaired) electrons. The highest BCUT2D eigenvalue weighted by Gasteiger charge is 2.05. The molecule has 0 aliphatic carbocycles. The molecule has 0 fully saturated rings. The lowest BCUT2D eigenvalue weighted by Gasteiger charge is -2.07. The van der Waals surface area contributed by atoms with E-state index < -0.39 is 0 Å². The van der Waals surface area contributed by atoms with E-state index in [9.17, 15) is 0 Å². The zero-order valence-corrected chi connectivity index (χ0v) is 8.40. The molecule has 0 atom stereocenters. The Hall–Kier alpha value is -1.96. The number of allylic oxidation sites excluding steroid dienone is 1. The first kappa shape index (κ1) is 11.1. The highest BCUT2D eigenvalue weighted by molar-refractivity contribution is 5.73. The van der Waals surface area contributed by atoms with Gasteiger partial charge in [0.1, 0.15) is 0 Å². The van der Waals surface area contributed by atoms with Crippen LogP contribution in [0.1, 0.15) is 12.0 Å². The molecule has 0 aromatic heterocycles. The van der Waals surface area contributed by atoms with Gasteiger partial charge in [-0.15, -0.1) is 18.8 Å². The van der Waals surface area contributed by atoms with E-state index in [1.54, 1.807) is 0 Å². The Balaban J connectivity index is 3.22. The van der Waals surface area contributed by atoms with Gasteiger partial charge in [-0.1, -0.05) is 36.3 Å². The van der Waals surface area contributed by atoms with Crippen molar-refractivity contribution in [2.45, 2.75) is 6.42 Å². The minimum Gasteiger partial charge on any atom is -0.391 e. The Morgan fingerprint density at radius 1 is 1.20 bits per heavy atom. The third-order valence-electron chi connectivity index (χ3n) is 2.10. The molecule has 1 N–H and O–H groups in total. The Morgan fingerprint density at radius 3 is 2.33 bits per heavy atom. The molecule has 0 amide bonds. The van der Waals surface area contributed by atoms with Gasteiger partial charge in [-0.2, -0.15) is 0 Å². The minimum atomic E-state index is -0.150. The van der Waals surface area contributed by atoms with E-state index in [1.165, 1.54) is 0 Å². The fourth-order valence-electron chi connectivity index (χ4n) is 1.35. The van der Waals surface area contributed by atoms with Gasteiger partial charge in [0, 0.05) is 12.0 Å². The Morgan fingerprint density at radius 2 is 1.87 bits per heavy atom. The molecule has 0 aliphatic heterocycles. The van der Waals surface area contributed by atoms with Crippen LogP contribution in [0.5, 0.6) is 0 Å². The first-order chi connectivity index (χ1) is 7.33. The Bertz CT molecular complexity index is 427. The van der Waals surface area contributed by atoms with Crippen LogP contribution in [0, 0.1) is 24.7 Å². The van der Waals surface area contributed by atoms with Gasteiger partial charge in [-0.25, -0.2) is 0 Å². The molecule has 1 aromatic carbocycles. The molecular formula is C14H12O. The quantitative estimate of drug-likeness (QED) is 0.734. The standard InChI is InChI=1S/C14H12O/c1-3-8-14(12(4-2)11-15)13-9-6-5-7-10-13/h1-2,5-7,9-10,15H,8,11H2/b14-12+. The maximum Gasteiger partial charge on any atom is 0.0763 e. The van der Waals surface area contributed by atoms with Crippen LogP contribution >= 0.6 is 0 Å². The molecule has 1 aromatic rings. The lowest BCUT2D eigenvalue weighted by molar-refractivity contribution is 0.336. The van der Waals surface area contributed by atoms with Gasteiger partial charge in [0.05, 0.1) is 6.61 Å². The zero-order chi connectivity index (χ0) is 11.1. The summed E-state index contributed by atoms with van der Waals surface area (Å²) in [5.74, 6) is 5.02. The highest BCUT2D eigenvalue weighted by atomic mass is 16.3. The molecule has 1 heteroatoms. The van der Waals surface area contributed by atoms with Crippen LogP contribution in [0.2, 0.25) is 0 Å². The van der Waals surface area contributed by atoms with Crippen molar-refractivity contribution in [2.75, 3.05) is 6.61 Å². The average Bonchev–Trinajstić information content (AvgIpc) is 2.30. The number of aliphatic hydroxyl groups is 1. The normalized spacial score (nSPS) is 11.1. The van der Waals surface area contributed by atoms with Crippen molar-refractivity contribution >= 4 is 5.57 Å². The van der Waals surface area contributed by atoms with Crippen molar-refractivity contribution in [3.05, 3.63) is 41.5 Å². The highest BCUT2D eigenvalue weighted by Crippen LogP contribution is 2.21. The van der Waals surface area contributed by atoms with Gasteiger partial charge in [0.25, 0.3) is 0 Å². The summed E-state index contributed by atoms with van der Waals surface area (Å²) in [5, 5.41) is 9.12. The van der Waals surface area contributed by atoms with E-state index >= 15 is 0 Å². The lowest BCUT2D eigenvalue weighted by atomic mass is 9.98. The van der Waals surface area contributed by atoms with Crippen molar-refractivity contribution in [1.29, 1.82) is 0 Å². The van der Waals surface area contributed by atoms with Gasteiger partial charge in [0.15, 0.2) is 0 Å². The fraction of sp³-hybridized carbons (Fsp3) is 0.143. The third kappa shape index (κ3) is 2.74. The maximum absolute atomic E-state index is 9.12. The van der Waals surface area contributed by atoms with Gasteiger partial charge >= 0.3 is 0 Å². The zero-order valence-electron chi connectivity index (χ0n) is 8.40. The summed E-state index contributed by atoms with van der Waals surface area (Å²) in [4.78, 5) is 0. The second-order valence-corrected chi connectivity index (χ2v) is 3.01. The number of hydrogen-bond donors (Lipinski definition) is 1. The Labute approximate surface area is 90.5 Å². The molecule has 15 heavy (non-hydrogen) atoms. The third-order valence-corrected chi connectivity index (χ3v) is 2.10. The van der Waals surface area contributed by atoms with Gasteiger partial charge in [-0.3, -0.25) is 0 Å². The predicted octanol–water partition coefficient (Wildman–Crippen LogP) is 2.09. The fourth-order valence-corrected chi connectivity index (χ4v) is 1.35. The molecule has 0 aliphatic rings. The molecule has 0 saturated carbocycles. The van der Waals surface area contributed by atoms with E-state index in [1.807, 2.05) is 30.3 Å². The van der Waals surface area contributed by atoms with Crippen molar-refractivity contribution in [1.82, 2.24) is 0 Å². The molecule has 1 rings (SSSR count).